The van der Waals surface area contributed by atoms with Crippen LogP contribution in [0.4, 0.5) is 8.78 Å². The van der Waals surface area contributed by atoms with E-state index in [2.05, 4.69) is 10.1 Å². The van der Waals surface area contributed by atoms with Crippen LogP contribution < -0.4 is 10.5 Å². The maximum Gasteiger partial charge on any atom is 0.217 e. The summed E-state index contributed by atoms with van der Waals surface area (Å²) in [4.78, 5) is 15.2. The number of ether oxygens (including phenoxy) is 1. The van der Waals surface area contributed by atoms with E-state index < -0.39 is 11.6 Å². The first-order valence-corrected chi connectivity index (χ1v) is 8.05. The number of halogens is 2. The number of carbonyl (C=O) groups excluding carboxylic acids is 1. The van der Waals surface area contributed by atoms with Gasteiger partial charge in [-0.2, -0.15) is 5.10 Å². The van der Waals surface area contributed by atoms with E-state index in [1.54, 1.807) is 10.7 Å². The van der Waals surface area contributed by atoms with Gasteiger partial charge in [0.15, 0.2) is 0 Å². The van der Waals surface area contributed by atoms with E-state index in [-0.39, 0.29) is 29.3 Å². The molecule has 0 saturated heterocycles. The number of aryl methyl sites for hydroxylation is 2. The van der Waals surface area contributed by atoms with Crippen LogP contribution in [-0.4, -0.2) is 27.8 Å². The molecule has 0 bridgehead atoms. The van der Waals surface area contributed by atoms with Crippen molar-refractivity contribution in [3.63, 3.8) is 0 Å². The molecule has 0 aliphatic heterocycles. The summed E-state index contributed by atoms with van der Waals surface area (Å²) < 4.78 is 35.3. The summed E-state index contributed by atoms with van der Waals surface area (Å²) in [6.07, 6.45) is 2.35. The van der Waals surface area contributed by atoms with Gasteiger partial charge >= 0.3 is 0 Å². The standard InChI is InChI=1S/C18H18F2N4O2/c1-10-6-14(17-12(19)7-11(26-2)8-13(17)20)23-15-9-22-24(18(10)15)5-3-4-16(21)25/h6-9H,3-5H2,1-2H3,(H2,21,25). The average Bonchev–Trinajstić information content (AvgIpc) is 2.97. The number of primary amides is 1. The van der Waals surface area contributed by atoms with Crippen molar-refractivity contribution in [1.29, 1.82) is 0 Å². The fraction of sp³-hybridized carbons (Fsp3) is 0.278. The minimum Gasteiger partial charge on any atom is -0.497 e. The summed E-state index contributed by atoms with van der Waals surface area (Å²) >= 11 is 0. The highest BCUT2D eigenvalue weighted by Gasteiger charge is 2.18. The zero-order valence-corrected chi connectivity index (χ0v) is 14.4. The molecule has 0 fully saturated rings. The Hall–Kier alpha value is -3.03. The molecule has 0 radical (unpaired) electrons. The number of carbonyl (C=O) groups is 1. The Morgan fingerprint density at radius 2 is 1.96 bits per heavy atom. The number of pyridine rings is 1. The van der Waals surface area contributed by atoms with Crippen LogP contribution in [0.5, 0.6) is 5.75 Å². The van der Waals surface area contributed by atoms with Crippen LogP contribution >= 0.6 is 0 Å². The van der Waals surface area contributed by atoms with E-state index in [0.717, 1.165) is 23.2 Å². The SMILES string of the molecule is COc1cc(F)c(-c2cc(C)c3c(cnn3CCCC(N)=O)n2)c(F)c1. The molecule has 0 saturated carbocycles. The first-order valence-electron chi connectivity index (χ1n) is 8.05. The van der Waals surface area contributed by atoms with E-state index in [1.807, 2.05) is 6.92 Å². The Labute approximate surface area is 148 Å². The topological polar surface area (TPSA) is 83.0 Å². The van der Waals surface area contributed by atoms with Gasteiger partial charge in [0.05, 0.1) is 30.1 Å². The Bertz CT molecular complexity index is 962. The number of hydrogen-bond donors (Lipinski definition) is 1. The molecule has 6 nitrogen and oxygen atoms in total. The number of benzene rings is 1. The minimum absolute atomic E-state index is 0.101. The van der Waals surface area contributed by atoms with Crippen molar-refractivity contribution in [3.8, 4) is 17.0 Å². The van der Waals surface area contributed by atoms with Gasteiger partial charge in [0, 0.05) is 25.1 Å². The quantitative estimate of drug-likeness (QED) is 0.733. The van der Waals surface area contributed by atoms with Crippen LogP contribution in [0.15, 0.2) is 24.4 Å². The van der Waals surface area contributed by atoms with Crippen LogP contribution in [0.1, 0.15) is 18.4 Å². The molecule has 0 aliphatic carbocycles. The predicted molar refractivity (Wildman–Crippen MR) is 92.6 cm³/mol. The molecule has 1 aromatic carbocycles. The van der Waals surface area contributed by atoms with Gasteiger partial charge in [-0.25, -0.2) is 13.8 Å². The largest absolute Gasteiger partial charge is 0.497 e. The first-order chi connectivity index (χ1) is 12.4. The smallest absolute Gasteiger partial charge is 0.217 e. The third-order valence-electron chi connectivity index (χ3n) is 4.09. The highest BCUT2D eigenvalue weighted by molar-refractivity contribution is 5.82. The number of hydrogen-bond acceptors (Lipinski definition) is 4. The Morgan fingerprint density at radius 1 is 1.27 bits per heavy atom. The average molecular weight is 360 g/mol. The number of rotatable bonds is 6. The van der Waals surface area contributed by atoms with E-state index in [4.69, 9.17) is 10.5 Å². The molecular weight excluding hydrogens is 342 g/mol. The molecule has 26 heavy (non-hydrogen) atoms. The Morgan fingerprint density at radius 3 is 2.58 bits per heavy atom. The lowest BCUT2D eigenvalue weighted by molar-refractivity contribution is -0.118. The van der Waals surface area contributed by atoms with Crippen molar-refractivity contribution in [3.05, 3.63) is 41.6 Å². The zero-order valence-electron chi connectivity index (χ0n) is 14.4. The molecule has 3 rings (SSSR count). The van der Waals surface area contributed by atoms with Gasteiger partial charge in [-0.15, -0.1) is 0 Å². The summed E-state index contributed by atoms with van der Waals surface area (Å²) in [6, 6.07) is 3.85. The number of aromatic nitrogens is 3. The summed E-state index contributed by atoms with van der Waals surface area (Å²) in [6.45, 7) is 2.32. The fourth-order valence-corrected chi connectivity index (χ4v) is 2.91. The van der Waals surface area contributed by atoms with Crippen LogP contribution in [0.3, 0.4) is 0 Å². The number of methoxy groups -OCH3 is 1. The molecule has 1 amide bonds. The molecule has 2 aromatic heterocycles. The maximum absolute atomic E-state index is 14.3. The summed E-state index contributed by atoms with van der Waals surface area (Å²) in [5.41, 5.74) is 7.17. The number of nitrogens with zero attached hydrogens (tertiary/aromatic N) is 3. The summed E-state index contributed by atoms with van der Waals surface area (Å²) in [5, 5.41) is 4.25. The van der Waals surface area contributed by atoms with Crippen LogP contribution in [-0.2, 0) is 11.3 Å². The summed E-state index contributed by atoms with van der Waals surface area (Å²) in [5.74, 6) is -1.77. The van der Waals surface area contributed by atoms with Crippen LogP contribution in [0, 0.1) is 18.6 Å². The first kappa shape index (κ1) is 17.8. The molecule has 0 atom stereocenters. The van der Waals surface area contributed by atoms with Crippen molar-refractivity contribution in [1.82, 2.24) is 14.8 Å². The lowest BCUT2D eigenvalue weighted by Crippen LogP contribution is -2.12. The van der Waals surface area contributed by atoms with Gasteiger partial charge in [-0.1, -0.05) is 0 Å². The second-order valence-electron chi connectivity index (χ2n) is 5.96. The van der Waals surface area contributed by atoms with Crippen molar-refractivity contribution in [2.75, 3.05) is 7.11 Å². The minimum atomic E-state index is -0.748. The van der Waals surface area contributed by atoms with Crippen molar-refractivity contribution >= 4 is 16.9 Å². The van der Waals surface area contributed by atoms with Gasteiger partial charge in [0.1, 0.15) is 22.9 Å². The molecule has 8 heteroatoms. The van der Waals surface area contributed by atoms with Gasteiger partial charge in [0.25, 0.3) is 0 Å². The van der Waals surface area contributed by atoms with Crippen LogP contribution in [0.25, 0.3) is 22.3 Å². The van der Waals surface area contributed by atoms with Gasteiger partial charge in [-0.3, -0.25) is 9.48 Å². The Kier molecular flexibility index (Phi) is 4.83. The lowest BCUT2D eigenvalue weighted by Gasteiger charge is -2.10. The van der Waals surface area contributed by atoms with E-state index in [1.165, 1.54) is 13.3 Å². The van der Waals surface area contributed by atoms with Crippen molar-refractivity contribution in [2.24, 2.45) is 5.73 Å². The van der Waals surface area contributed by atoms with E-state index >= 15 is 0 Å². The molecule has 136 valence electrons. The Balaban J connectivity index is 2.02. The van der Waals surface area contributed by atoms with Crippen molar-refractivity contribution < 1.29 is 18.3 Å². The molecule has 3 aromatic rings. The second kappa shape index (κ2) is 7.07. The molecule has 0 aliphatic rings. The molecule has 0 unspecified atom stereocenters. The molecule has 2 heterocycles. The summed E-state index contributed by atoms with van der Waals surface area (Å²) in [7, 11) is 1.34. The third-order valence-corrected chi connectivity index (χ3v) is 4.09. The third kappa shape index (κ3) is 3.35. The normalized spacial score (nSPS) is 11.1. The second-order valence-corrected chi connectivity index (χ2v) is 5.96. The molecule has 2 N–H and O–H groups in total. The monoisotopic (exact) mass is 360 g/mol. The van der Waals surface area contributed by atoms with E-state index in [9.17, 15) is 13.6 Å². The predicted octanol–water partition coefficient (Wildman–Crippen LogP) is 2.96. The van der Waals surface area contributed by atoms with Crippen molar-refractivity contribution in [2.45, 2.75) is 26.3 Å². The van der Waals surface area contributed by atoms with Gasteiger partial charge in [0.2, 0.25) is 5.91 Å². The molecular formula is C18H18F2N4O2. The number of nitrogens with two attached hydrogens (primary N) is 1. The highest BCUT2D eigenvalue weighted by Crippen LogP contribution is 2.31. The highest BCUT2D eigenvalue weighted by atomic mass is 19.1. The van der Waals surface area contributed by atoms with Gasteiger partial charge < -0.3 is 10.5 Å². The maximum atomic E-state index is 14.3. The number of amides is 1. The van der Waals surface area contributed by atoms with E-state index in [0.29, 0.717) is 18.5 Å². The van der Waals surface area contributed by atoms with Crippen LogP contribution in [0.2, 0.25) is 0 Å². The molecule has 0 spiro atoms. The lowest BCUT2D eigenvalue weighted by atomic mass is 10.1. The zero-order chi connectivity index (χ0) is 18.8. The number of fused-ring (bicyclic) bond motifs is 1. The fourth-order valence-electron chi connectivity index (χ4n) is 2.91. The van der Waals surface area contributed by atoms with Gasteiger partial charge in [-0.05, 0) is 25.0 Å².